The smallest absolute Gasteiger partial charge is 0.349 e. The van der Waals surface area contributed by atoms with Gasteiger partial charge in [0, 0.05) is 41.7 Å². The van der Waals surface area contributed by atoms with Crippen molar-refractivity contribution in [1.29, 1.82) is 0 Å². The van der Waals surface area contributed by atoms with Crippen LogP contribution < -0.4 is 20.6 Å². The first kappa shape index (κ1) is 113. The van der Waals surface area contributed by atoms with E-state index < -0.39 is 118 Å². The average molecular weight is 2090 g/mol. The van der Waals surface area contributed by atoms with Crippen LogP contribution in [-0.2, 0) is 100 Å². The molecule has 0 saturated heterocycles. The molecule has 0 amide bonds. The molecule has 56 heteroatoms. The van der Waals surface area contributed by atoms with E-state index in [-0.39, 0.29) is 59.5 Å². The molecule has 2 unspecified atom stereocenters. The summed E-state index contributed by atoms with van der Waals surface area (Å²) in [5.74, 6) is -1.96. The Labute approximate surface area is 749 Å². The first-order chi connectivity index (χ1) is 53.1. The SMILES string of the molecule is CC(C)(O)c1cnc(S(=O)(=O)C[Si](C)(C)C(C)(C)C)s1.CC(C)(O)c1cnc(S(N)(=O)=N[Si](C)(C)C(C)(C)C)s1.CC(C)(O)c1cnc(S(N)(=O)=N[Si](C)(C)C(C)(C)C)s1.CC(C)(O)c1cnc(S(N)(=O)=O)s1.COC(=O)c1c[nH]c(=S)s1.COC(=O)c1cnc(Br)s1.COC(=O)c1cnc(S(=O)(=O)Cl)s1.COC(=O)c1cnc(S(N)(=O)=O)s1. The molecule has 0 aliphatic heterocycles. The Morgan fingerprint density at radius 1 is 0.429 bits per heavy atom. The number of nitrogens with one attached hydrogen (secondary N) is 1. The summed E-state index contributed by atoms with van der Waals surface area (Å²) in [7, 11) is -17.0. The van der Waals surface area contributed by atoms with E-state index in [4.69, 9.17) is 43.5 Å². The lowest BCUT2D eigenvalue weighted by atomic mass is 10.1. The van der Waals surface area contributed by atoms with Crippen molar-refractivity contribution in [3.63, 3.8) is 0 Å². The Morgan fingerprint density at radius 2 is 0.697 bits per heavy atom. The number of sulfonamides is 2. The molecule has 119 heavy (non-hydrogen) atoms. The third-order valence-electron chi connectivity index (χ3n) is 16.3. The van der Waals surface area contributed by atoms with Gasteiger partial charge in [-0.25, -0.2) is 117 Å². The highest BCUT2D eigenvalue weighted by Gasteiger charge is 2.42. The molecule has 674 valence electrons. The van der Waals surface area contributed by atoms with E-state index in [0.717, 1.165) is 57.7 Å². The van der Waals surface area contributed by atoms with Gasteiger partial charge in [-0.05, 0) is 125 Å². The van der Waals surface area contributed by atoms with Gasteiger partial charge in [-0.1, -0.05) is 109 Å². The number of hydrogen-bond donors (Lipinski definition) is 9. The Balaban J connectivity index is 0.000000689. The molecule has 36 nitrogen and oxygen atoms in total. The number of primary sulfonamides is 2. The number of sulfone groups is 1. The van der Waals surface area contributed by atoms with Crippen LogP contribution in [0.2, 0.25) is 54.4 Å². The maximum absolute atomic E-state index is 12.7. The minimum absolute atomic E-state index is 0.0103. The van der Waals surface area contributed by atoms with Crippen LogP contribution in [0.15, 0.2) is 87.6 Å². The van der Waals surface area contributed by atoms with Gasteiger partial charge in [0.25, 0.3) is 29.1 Å². The molecule has 0 aliphatic carbocycles. The average Bonchev–Trinajstić information content (AvgIpc) is 1.76. The van der Waals surface area contributed by atoms with Crippen LogP contribution in [0.4, 0.5) is 0 Å². The maximum atomic E-state index is 12.7. The van der Waals surface area contributed by atoms with E-state index >= 15 is 0 Å². The molecule has 2 atom stereocenters. The number of ether oxygens (including phenoxy) is 4. The number of carbonyl (C=O) groups excluding carboxylic acids is 4. The van der Waals surface area contributed by atoms with Crippen LogP contribution in [0.5, 0.6) is 0 Å². The summed E-state index contributed by atoms with van der Waals surface area (Å²) in [4.78, 5) is 76.0. The van der Waals surface area contributed by atoms with Crippen LogP contribution in [0.25, 0.3) is 0 Å². The van der Waals surface area contributed by atoms with Gasteiger partial charge >= 0.3 is 23.9 Å². The van der Waals surface area contributed by atoms with Crippen molar-refractivity contribution < 1.29 is 101 Å². The first-order valence-corrected chi connectivity index (χ1v) is 60.8. The summed E-state index contributed by atoms with van der Waals surface area (Å²) in [6, 6.07) is 0. The lowest BCUT2D eigenvalue weighted by Crippen LogP contribution is -2.44. The van der Waals surface area contributed by atoms with E-state index in [9.17, 15) is 81.7 Å². The molecule has 13 N–H and O–H groups in total. The maximum Gasteiger partial charge on any atom is 0.349 e. The highest BCUT2D eigenvalue weighted by atomic mass is 79.9. The molecule has 0 saturated carbocycles. The third-order valence-corrected chi connectivity index (χ3v) is 56.5. The second kappa shape index (κ2) is 43.4. The Bertz CT molecular complexity index is 5400. The standard InChI is InChI=1S/C13H25NO3S2Si.2C12H25N3O2S2Si.C6H10N2O3S2.C5H4BrNO2S.C5H4ClNO4S2.C5H6N2O4S2.C5H5NO2S2/c1-12(2,3)20(6,7)9-19(16,17)11-14-8-10(18-11)13(4,5)15;2*1-11(2,3)20(6,7)15-19(13,17)10-14-8-9(18-10)12(4,5)16;1-6(2,9)4-3-8-5(12-4)13(7,10)11;1-9-4(8)3-2-7-5(6)10-3;2*1-11-4(8)3-2-7-5(12-3)13(6,9)10;1-8-4(7)3-2-6-5(9)10-3/h8,15H,9H2,1-7H3;2*8,16H,1-7H3,(H2,13,15,17);3,9H,1-2H3,(H2,7,10,11);2H,1H3;2H,1H3;2H,1H3,(H2,6,9,10);2H,1H3,(H,6,9). The Kier molecular flexibility index (Phi) is 41.2. The number of methoxy groups -OCH3 is 4. The minimum atomic E-state index is -3.85. The van der Waals surface area contributed by atoms with E-state index in [2.05, 4.69) is 158 Å². The lowest BCUT2D eigenvalue weighted by Gasteiger charge is -2.36. The summed E-state index contributed by atoms with van der Waals surface area (Å²) >= 11 is 16.0. The number of rotatable bonds is 18. The van der Waals surface area contributed by atoms with Crippen molar-refractivity contribution in [2.45, 2.75) is 221 Å². The Hall–Kier alpha value is -4.06. The number of H-pyrrole nitrogens is 1. The van der Waals surface area contributed by atoms with Crippen LogP contribution in [0, 0.1) is 3.95 Å². The topological polar surface area (TPSA) is 592 Å². The molecular formula is C63H104BrClN14O22S15Si3. The number of hydrogen-bond acceptors (Lipinski definition) is 40. The fourth-order valence-corrected chi connectivity index (χ4v) is 33.9. The van der Waals surface area contributed by atoms with E-state index in [1.807, 2.05) is 26.2 Å². The van der Waals surface area contributed by atoms with Crippen molar-refractivity contribution in [3.8, 4) is 0 Å². The molecule has 8 aromatic heterocycles. The zero-order valence-electron chi connectivity index (χ0n) is 70.2. The van der Waals surface area contributed by atoms with Gasteiger partial charge in [0.15, 0.2) is 44.2 Å². The van der Waals surface area contributed by atoms with Gasteiger partial charge in [-0.3, -0.25) is 8.06 Å². The molecule has 8 heterocycles. The van der Waals surface area contributed by atoms with Gasteiger partial charge in [-0.2, -0.15) is 0 Å². The zero-order chi connectivity index (χ0) is 93.5. The zero-order valence-corrected chi connectivity index (χ0v) is 87.8. The number of halogens is 2. The highest BCUT2D eigenvalue weighted by molar-refractivity contribution is 9.11. The number of esters is 4. The van der Waals surface area contributed by atoms with Crippen LogP contribution in [0.1, 0.15) is 176 Å². The predicted octanol–water partition coefficient (Wildman–Crippen LogP) is 13.1. The second-order valence-corrected chi connectivity index (χ2v) is 70.5. The molecule has 0 spiro atoms. The summed E-state index contributed by atoms with van der Waals surface area (Å²) < 4.78 is 143. The summed E-state index contributed by atoms with van der Waals surface area (Å²) in [6.07, 6.45) is 11.0. The summed E-state index contributed by atoms with van der Waals surface area (Å²) in [5, 5.41) is 60.9. The summed E-state index contributed by atoms with van der Waals surface area (Å²) in [5.41, 5.74) is -4.16. The van der Waals surface area contributed by atoms with E-state index in [1.165, 1.54) is 82.1 Å². The second-order valence-electron chi connectivity index (χ2n) is 31.5. The monoisotopic (exact) mass is 2090 g/mol. The molecular weight excluding hydrogens is 1990 g/mol. The van der Waals surface area contributed by atoms with E-state index in [0.29, 0.717) is 68.5 Å². The van der Waals surface area contributed by atoms with Crippen LogP contribution >= 0.6 is 130 Å². The molecule has 0 radical (unpaired) electrons. The summed E-state index contributed by atoms with van der Waals surface area (Å²) in [6.45, 7) is 44.2. The number of carbonyl (C=O) groups is 4. The number of thiazole rings is 8. The number of nitrogens with two attached hydrogens (primary N) is 4. The molecule has 0 bridgehead atoms. The van der Waals surface area contributed by atoms with Gasteiger partial charge in [0.2, 0.25) is 35.9 Å². The number of nitrogens with zero attached hydrogens (tertiary/aromatic N) is 9. The van der Waals surface area contributed by atoms with Crippen LogP contribution in [-0.4, -0.2) is 185 Å². The Morgan fingerprint density at radius 3 is 0.941 bits per heavy atom. The van der Waals surface area contributed by atoms with Crippen molar-refractivity contribution >= 4 is 237 Å². The van der Waals surface area contributed by atoms with Crippen LogP contribution in [0.3, 0.4) is 0 Å². The molecule has 8 aromatic rings. The minimum Gasteiger partial charge on any atom is -0.465 e. The number of aromatic nitrogens is 8. The fourth-order valence-electron chi connectivity index (χ4n) is 6.58. The van der Waals surface area contributed by atoms with Gasteiger partial charge in [0.1, 0.15) is 19.5 Å². The van der Waals surface area contributed by atoms with Crippen molar-refractivity contribution in [1.82, 2.24) is 39.9 Å². The molecule has 0 aliphatic rings. The van der Waals surface area contributed by atoms with Gasteiger partial charge < -0.3 is 44.4 Å². The van der Waals surface area contributed by atoms with Crippen molar-refractivity contribution in [2.24, 2.45) is 28.6 Å². The molecule has 0 fully saturated rings. The van der Waals surface area contributed by atoms with Crippen molar-refractivity contribution in [3.05, 3.63) is 96.5 Å². The van der Waals surface area contributed by atoms with Crippen molar-refractivity contribution in [2.75, 3.05) is 33.8 Å². The predicted molar refractivity (Wildman–Crippen MR) is 484 cm³/mol. The fraction of sp³-hybridized carbons (Fsp3) is 0.556. The van der Waals surface area contributed by atoms with E-state index in [1.54, 1.807) is 61.6 Å². The first-order valence-electron chi connectivity index (χ1n) is 33.7. The largest absolute Gasteiger partial charge is 0.465 e. The molecule has 0 aromatic carbocycles. The highest BCUT2D eigenvalue weighted by Crippen LogP contribution is 2.42. The number of aromatic amines is 1. The van der Waals surface area contributed by atoms with Gasteiger partial charge in [0.05, 0.1) is 102 Å². The quantitative estimate of drug-likeness (QED) is 0.0127. The number of aliphatic hydroxyl groups is 4. The molecule has 8 rings (SSSR count). The lowest BCUT2D eigenvalue weighted by molar-refractivity contribution is 0.0597. The normalized spacial score (nSPS) is 13.6. The third kappa shape index (κ3) is 36.8. The van der Waals surface area contributed by atoms with Gasteiger partial charge in [-0.15, -0.1) is 56.7 Å².